The fourth-order valence-corrected chi connectivity index (χ4v) is 4.18. The Morgan fingerprint density at radius 3 is 2.48 bits per heavy atom. The van der Waals surface area contributed by atoms with Gasteiger partial charge in [-0.15, -0.1) is 0 Å². The second-order valence-electron chi connectivity index (χ2n) is 7.13. The average molecular weight is 503 g/mol. The number of alkyl halides is 3. The molecule has 1 heterocycles. The highest BCUT2D eigenvalue weighted by Crippen LogP contribution is 2.31. The number of sulfonamides is 1. The molecule has 0 aromatic heterocycles. The van der Waals surface area contributed by atoms with Crippen molar-refractivity contribution in [2.45, 2.75) is 30.0 Å². The predicted octanol–water partition coefficient (Wildman–Crippen LogP) is 2.79. The molecule has 1 fully saturated rings. The van der Waals surface area contributed by atoms with Crippen molar-refractivity contribution in [2.24, 2.45) is 0 Å². The number of halogens is 3. The third-order valence-electron chi connectivity index (χ3n) is 4.67. The van der Waals surface area contributed by atoms with Gasteiger partial charge in [0.1, 0.15) is 0 Å². The minimum Gasteiger partial charge on any atom is -0.376 e. The molecular weight excluding hydrogens is 481 g/mol. The Morgan fingerprint density at radius 1 is 1.12 bits per heavy atom. The maximum absolute atomic E-state index is 12.8. The van der Waals surface area contributed by atoms with Gasteiger partial charge in [-0.1, -0.05) is 6.07 Å². The molecule has 1 saturated heterocycles. The third-order valence-corrected chi connectivity index (χ3v) is 6.32. The predicted molar refractivity (Wildman–Crippen MR) is 119 cm³/mol. The van der Waals surface area contributed by atoms with Crippen molar-refractivity contribution in [3.63, 3.8) is 0 Å². The minimum atomic E-state index is -4.60. The number of nitrogens with one attached hydrogen (secondary N) is 4. The monoisotopic (exact) mass is 502 g/mol. The molecule has 1 aliphatic rings. The number of carbonyl (C=O) groups excluding carboxylic acids is 1. The van der Waals surface area contributed by atoms with E-state index >= 15 is 0 Å². The Labute approximate surface area is 193 Å². The van der Waals surface area contributed by atoms with Crippen LogP contribution in [-0.4, -0.2) is 38.7 Å². The molecule has 1 atom stereocenters. The molecule has 0 aliphatic carbocycles. The summed E-state index contributed by atoms with van der Waals surface area (Å²) in [7, 11) is -4.17. The highest BCUT2D eigenvalue weighted by molar-refractivity contribution is 7.92. The molecule has 0 radical (unpaired) electrons. The Balaban J connectivity index is 1.56. The van der Waals surface area contributed by atoms with E-state index in [2.05, 4.69) is 20.9 Å². The van der Waals surface area contributed by atoms with E-state index in [1.165, 1.54) is 30.3 Å². The van der Waals surface area contributed by atoms with Crippen LogP contribution in [-0.2, 0) is 20.9 Å². The van der Waals surface area contributed by atoms with E-state index < -0.39 is 27.7 Å². The van der Waals surface area contributed by atoms with E-state index in [9.17, 15) is 26.4 Å². The van der Waals surface area contributed by atoms with E-state index in [4.69, 9.17) is 17.0 Å². The number of anilines is 1. The zero-order chi connectivity index (χ0) is 24.1. The number of hydrazine groups is 1. The Kier molecular flexibility index (Phi) is 7.76. The number of thiocarbonyl (C=S) groups is 1. The van der Waals surface area contributed by atoms with Crippen molar-refractivity contribution in [1.29, 1.82) is 0 Å². The zero-order valence-electron chi connectivity index (χ0n) is 17.1. The van der Waals surface area contributed by atoms with Crippen LogP contribution in [0.4, 0.5) is 18.9 Å². The topological polar surface area (TPSA) is 109 Å². The van der Waals surface area contributed by atoms with Gasteiger partial charge in [-0.25, -0.2) is 8.42 Å². The summed E-state index contributed by atoms with van der Waals surface area (Å²) in [6.07, 6.45) is -2.61. The van der Waals surface area contributed by atoms with Crippen LogP contribution in [0.3, 0.4) is 0 Å². The standard InChI is InChI=1S/C20H21F3N4O4S2/c21-20(22,23)14-3-1-4-15(11-14)27-33(29,30)17-8-6-13(7-9-17)18(28)25-26-19(32)24-12-16-5-2-10-31-16/h1,3-4,6-9,11,16,27H,2,5,10,12H2,(H,25,28)(H2,24,26,32). The largest absolute Gasteiger partial charge is 0.416 e. The van der Waals surface area contributed by atoms with E-state index in [0.29, 0.717) is 19.2 Å². The summed E-state index contributed by atoms with van der Waals surface area (Å²) in [6, 6.07) is 8.69. The van der Waals surface area contributed by atoms with Crippen molar-refractivity contribution in [2.75, 3.05) is 17.9 Å². The minimum absolute atomic E-state index is 0.0690. The van der Waals surface area contributed by atoms with Crippen molar-refractivity contribution in [3.05, 3.63) is 59.7 Å². The number of ether oxygens (including phenoxy) is 1. The molecule has 178 valence electrons. The molecule has 2 aromatic carbocycles. The highest BCUT2D eigenvalue weighted by atomic mass is 32.2. The molecule has 3 rings (SSSR count). The first kappa shape index (κ1) is 24.7. The van der Waals surface area contributed by atoms with Crippen LogP contribution in [0.5, 0.6) is 0 Å². The molecule has 2 aromatic rings. The second-order valence-corrected chi connectivity index (χ2v) is 9.22. The number of benzene rings is 2. The summed E-state index contributed by atoms with van der Waals surface area (Å²) in [5.74, 6) is -0.564. The lowest BCUT2D eigenvalue weighted by Crippen LogP contribution is -2.48. The first-order chi connectivity index (χ1) is 15.5. The van der Waals surface area contributed by atoms with Crippen LogP contribution in [0.25, 0.3) is 0 Å². The fourth-order valence-electron chi connectivity index (χ4n) is 3.00. The first-order valence-electron chi connectivity index (χ1n) is 9.80. The van der Waals surface area contributed by atoms with Crippen LogP contribution < -0.4 is 20.9 Å². The van der Waals surface area contributed by atoms with Gasteiger partial charge >= 0.3 is 6.18 Å². The smallest absolute Gasteiger partial charge is 0.376 e. The number of hydrogen-bond donors (Lipinski definition) is 4. The van der Waals surface area contributed by atoms with Gasteiger partial charge in [0.2, 0.25) is 0 Å². The maximum Gasteiger partial charge on any atom is 0.416 e. The Bertz CT molecular complexity index is 1100. The van der Waals surface area contributed by atoms with Crippen LogP contribution in [0.2, 0.25) is 0 Å². The Morgan fingerprint density at radius 2 is 1.85 bits per heavy atom. The van der Waals surface area contributed by atoms with Crippen LogP contribution >= 0.6 is 12.2 Å². The summed E-state index contributed by atoms with van der Waals surface area (Å²) in [4.78, 5) is 12.0. The van der Waals surface area contributed by atoms with Gasteiger partial charge in [0.25, 0.3) is 15.9 Å². The first-order valence-corrected chi connectivity index (χ1v) is 11.7. The summed E-state index contributed by atoms with van der Waals surface area (Å²) in [5.41, 5.74) is 3.85. The van der Waals surface area contributed by atoms with E-state index in [1.807, 2.05) is 0 Å². The summed E-state index contributed by atoms with van der Waals surface area (Å²) < 4.78 is 71.0. The van der Waals surface area contributed by atoms with Gasteiger partial charge in [-0.3, -0.25) is 20.4 Å². The van der Waals surface area contributed by atoms with E-state index in [0.717, 1.165) is 25.0 Å². The molecule has 8 nitrogen and oxygen atoms in total. The molecule has 1 aliphatic heterocycles. The SMILES string of the molecule is O=C(NNC(=S)NCC1CCCO1)c1ccc(S(=O)(=O)Nc2cccc(C(F)(F)F)c2)cc1. The molecule has 33 heavy (non-hydrogen) atoms. The quantitative estimate of drug-likeness (QED) is 0.355. The van der Waals surface area contributed by atoms with Crippen LogP contribution in [0.1, 0.15) is 28.8 Å². The van der Waals surface area contributed by atoms with E-state index in [1.54, 1.807) is 0 Å². The average Bonchev–Trinajstić information content (AvgIpc) is 3.29. The number of carbonyl (C=O) groups is 1. The lowest BCUT2D eigenvalue weighted by molar-refractivity contribution is -0.137. The molecule has 1 amide bonds. The van der Waals surface area contributed by atoms with Gasteiger partial charge in [0, 0.05) is 24.4 Å². The second kappa shape index (κ2) is 10.4. The maximum atomic E-state index is 12.8. The molecule has 13 heteroatoms. The van der Waals surface area contributed by atoms with Crippen molar-refractivity contribution < 1.29 is 31.1 Å². The van der Waals surface area contributed by atoms with Crippen molar-refractivity contribution in [3.8, 4) is 0 Å². The lowest BCUT2D eigenvalue weighted by atomic mass is 10.2. The molecule has 0 spiro atoms. The normalized spacial score (nSPS) is 16.2. The van der Waals surface area contributed by atoms with Crippen LogP contribution in [0.15, 0.2) is 53.4 Å². The lowest BCUT2D eigenvalue weighted by Gasteiger charge is -2.14. The van der Waals surface area contributed by atoms with E-state index in [-0.39, 0.29) is 27.4 Å². The van der Waals surface area contributed by atoms with Gasteiger partial charge in [-0.2, -0.15) is 13.2 Å². The molecule has 0 bridgehead atoms. The summed E-state index contributed by atoms with van der Waals surface area (Å²) in [6.45, 7) is 1.22. The zero-order valence-corrected chi connectivity index (χ0v) is 18.7. The summed E-state index contributed by atoms with van der Waals surface area (Å²) >= 11 is 5.07. The molecule has 1 unspecified atom stereocenters. The third kappa shape index (κ3) is 7.04. The van der Waals surface area contributed by atoms with Crippen LogP contribution in [0, 0.1) is 0 Å². The molecular formula is C20H21F3N4O4S2. The molecule has 0 saturated carbocycles. The van der Waals surface area contributed by atoms with Gasteiger partial charge in [0.05, 0.1) is 16.6 Å². The number of amides is 1. The van der Waals surface area contributed by atoms with Crippen molar-refractivity contribution >= 4 is 38.9 Å². The fraction of sp³-hybridized carbons (Fsp3) is 0.300. The Hall–Kier alpha value is -2.90. The number of hydrogen-bond acceptors (Lipinski definition) is 5. The van der Waals surface area contributed by atoms with Gasteiger partial charge < -0.3 is 10.1 Å². The number of rotatable bonds is 6. The summed E-state index contributed by atoms with van der Waals surface area (Å²) in [5, 5.41) is 3.12. The molecule has 4 N–H and O–H groups in total. The van der Waals surface area contributed by atoms with Crippen molar-refractivity contribution in [1.82, 2.24) is 16.2 Å². The van der Waals surface area contributed by atoms with Gasteiger partial charge in [-0.05, 0) is 67.5 Å². The highest BCUT2D eigenvalue weighted by Gasteiger charge is 2.30. The van der Waals surface area contributed by atoms with Gasteiger partial charge in [0.15, 0.2) is 5.11 Å².